The first-order chi connectivity index (χ1) is 8.29. The minimum absolute atomic E-state index is 0.215. The Labute approximate surface area is 109 Å². The largest absolute Gasteiger partial charge is 0.459 e. The summed E-state index contributed by atoms with van der Waals surface area (Å²) in [5.41, 5.74) is 0.702. The molecule has 0 aliphatic rings. The molecule has 5 heteroatoms. The molecule has 1 aromatic rings. The minimum atomic E-state index is -0.435. The smallest absolute Gasteiger partial charge is 0.323 e. The van der Waals surface area contributed by atoms with Crippen LogP contribution in [0.5, 0.6) is 0 Å². The Kier molecular flexibility index (Phi) is 4.90. The highest BCUT2D eigenvalue weighted by atomic mass is 16.6. The van der Waals surface area contributed by atoms with Crippen molar-refractivity contribution in [2.45, 2.75) is 45.8 Å². The quantitative estimate of drug-likeness (QED) is 0.803. The maximum atomic E-state index is 11.7. The second-order valence-electron chi connectivity index (χ2n) is 5.41. The van der Waals surface area contributed by atoms with E-state index in [-0.39, 0.29) is 12.0 Å². The van der Waals surface area contributed by atoms with Gasteiger partial charge in [-0.15, -0.1) is 0 Å². The van der Waals surface area contributed by atoms with Crippen LogP contribution < -0.4 is 5.32 Å². The Bertz CT molecular complexity index is 393. The highest BCUT2D eigenvalue weighted by molar-refractivity contribution is 5.75. The molecule has 0 saturated heterocycles. The summed E-state index contributed by atoms with van der Waals surface area (Å²) in [5, 5.41) is 7.25. The topological polar surface area (TPSA) is 56.2 Å². The fourth-order valence-corrected chi connectivity index (χ4v) is 1.54. The molecule has 1 aromatic heterocycles. The normalized spacial score (nSPS) is 13.4. The van der Waals surface area contributed by atoms with Crippen molar-refractivity contribution in [3.05, 3.63) is 18.0 Å². The zero-order valence-corrected chi connectivity index (χ0v) is 11.9. The molecule has 5 nitrogen and oxygen atoms in total. The first kappa shape index (κ1) is 14.7. The molecule has 0 aromatic carbocycles. The molecule has 0 amide bonds. The van der Waals surface area contributed by atoms with Crippen LogP contribution in [0.15, 0.2) is 12.3 Å². The third-order valence-corrected chi connectivity index (χ3v) is 2.51. The Morgan fingerprint density at radius 2 is 2.22 bits per heavy atom. The lowest BCUT2D eigenvalue weighted by Crippen LogP contribution is -2.40. The molecule has 0 aliphatic carbocycles. The lowest BCUT2D eigenvalue weighted by Gasteiger charge is -2.22. The van der Waals surface area contributed by atoms with Gasteiger partial charge in [-0.05, 0) is 33.8 Å². The van der Waals surface area contributed by atoms with Gasteiger partial charge in [0.15, 0.2) is 0 Å². The molecule has 0 spiro atoms. The average Bonchev–Trinajstić information content (AvgIpc) is 2.62. The summed E-state index contributed by atoms with van der Waals surface area (Å²) in [4.78, 5) is 11.7. The molecule has 18 heavy (non-hydrogen) atoms. The van der Waals surface area contributed by atoms with Crippen LogP contribution in [0.2, 0.25) is 0 Å². The van der Waals surface area contributed by atoms with E-state index in [9.17, 15) is 4.79 Å². The van der Waals surface area contributed by atoms with Gasteiger partial charge < -0.3 is 10.1 Å². The van der Waals surface area contributed by atoms with Crippen LogP contribution in [0.4, 0.5) is 0 Å². The van der Waals surface area contributed by atoms with E-state index in [0.717, 1.165) is 18.7 Å². The second-order valence-corrected chi connectivity index (χ2v) is 5.41. The summed E-state index contributed by atoms with van der Waals surface area (Å²) in [5.74, 6) is -0.215. The SMILES string of the molecule is CC(NCCc1ccnn1C)C(=O)OC(C)(C)C. The van der Waals surface area contributed by atoms with Crippen molar-refractivity contribution < 1.29 is 9.53 Å². The molecule has 0 aliphatic heterocycles. The van der Waals surface area contributed by atoms with Gasteiger partial charge in [0.05, 0.1) is 0 Å². The molecule has 0 saturated carbocycles. The van der Waals surface area contributed by atoms with Crippen molar-refractivity contribution in [3.8, 4) is 0 Å². The first-order valence-electron chi connectivity index (χ1n) is 6.23. The number of nitrogens with zero attached hydrogens (tertiary/aromatic N) is 2. The maximum Gasteiger partial charge on any atom is 0.323 e. The van der Waals surface area contributed by atoms with E-state index in [0.29, 0.717) is 0 Å². The Morgan fingerprint density at radius 1 is 1.56 bits per heavy atom. The summed E-state index contributed by atoms with van der Waals surface area (Å²) in [7, 11) is 1.91. The molecular weight excluding hydrogens is 230 g/mol. The second kappa shape index (κ2) is 6.00. The predicted molar refractivity (Wildman–Crippen MR) is 70.2 cm³/mol. The van der Waals surface area contributed by atoms with Crippen LogP contribution in [0.3, 0.4) is 0 Å². The Morgan fingerprint density at radius 3 is 2.72 bits per heavy atom. The average molecular weight is 253 g/mol. The monoisotopic (exact) mass is 253 g/mol. The number of aryl methyl sites for hydroxylation is 1. The summed E-state index contributed by atoms with van der Waals surface area (Å²) >= 11 is 0. The first-order valence-corrected chi connectivity index (χ1v) is 6.23. The zero-order chi connectivity index (χ0) is 13.8. The van der Waals surface area contributed by atoms with Crippen molar-refractivity contribution in [2.75, 3.05) is 6.54 Å². The summed E-state index contributed by atoms with van der Waals surface area (Å²) in [6.45, 7) is 8.14. The third-order valence-electron chi connectivity index (χ3n) is 2.51. The van der Waals surface area contributed by atoms with E-state index < -0.39 is 5.60 Å². The van der Waals surface area contributed by atoms with E-state index >= 15 is 0 Å². The number of aromatic nitrogens is 2. The molecule has 1 unspecified atom stereocenters. The number of carbonyl (C=O) groups excluding carboxylic acids is 1. The molecular formula is C13H23N3O2. The van der Waals surface area contributed by atoms with Gasteiger partial charge in [-0.2, -0.15) is 5.10 Å². The van der Waals surface area contributed by atoms with Gasteiger partial charge >= 0.3 is 5.97 Å². The lowest BCUT2D eigenvalue weighted by atomic mass is 10.2. The third kappa shape index (κ3) is 4.87. The summed E-state index contributed by atoms with van der Waals surface area (Å²) in [6.07, 6.45) is 2.61. The lowest BCUT2D eigenvalue weighted by molar-refractivity contribution is -0.156. The molecule has 0 fully saturated rings. The zero-order valence-electron chi connectivity index (χ0n) is 11.9. The number of hydrogen-bond donors (Lipinski definition) is 1. The molecule has 1 N–H and O–H groups in total. The van der Waals surface area contributed by atoms with E-state index in [1.54, 1.807) is 6.20 Å². The van der Waals surface area contributed by atoms with Crippen LogP contribution in [0.1, 0.15) is 33.4 Å². The fraction of sp³-hybridized carbons (Fsp3) is 0.692. The van der Waals surface area contributed by atoms with Crippen LogP contribution in [0, 0.1) is 0 Å². The highest BCUT2D eigenvalue weighted by Gasteiger charge is 2.21. The molecule has 0 bridgehead atoms. The van der Waals surface area contributed by atoms with Gasteiger partial charge in [-0.25, -0.2) is 0 Å². The number of esters is 1. The van der Waals surface area contributed by atoms with E-state index in [1.165, 1.54) is 0 Å². The van der Waals surface area contributed by atoms with E-state index in [1.807, 2.05) is 45.5 Å². The molecule has 1 heterocycles. The van der Waals surface area contributed by atoms with Crippen LogP contribution in [-0.2, 0) is 23.0 Å². The minimum Gasteiger partial charge on any atom is -0.459 e. The predicted octanol–water partition coefficient (Wildman–Crippen LogP) is 1.28. The molecule has 0 radical (unpaired) electrons. The van der Waals surface area contributed by atoms with Crippen LogP contribution in [0.25, 0.3) is 0 Å². The van der Waals surface area contributed by atoms with E-state index in [2.05, 4.69) is 10.4 Å². The standard InChI is InChI=1S/C13H23N3O2/c1-10(12(17)18-13(2,3)4)14-8-6-11-7-9-15-16(11)5/h7,9-10,14H,6,8H2,1-5H3. The number of hydrogen-bond acceptors (Lipinski definition) is 4. The Hall–Kier alpha value is -1.36. The maximum absolute atomic E-state index is 11.7. The summed E-state index contributed by atoms with van der Waals surface area (Å²) in [6, 6.07) is 1.68. The number of nitrogens with one attached hydrogen (secondary N) is 1. The van der Waals surface area contributed by atoms with Crippen LogP contribution in [-0.4, -0.2) is 33.9 Å². The fourth-order valence-electron chi connectivity index (χ4n) is 1.54. The van der Waals surface area contributed by atoms with Crippen LogP contribution >= 0.6 is 0 Å². The van der Waals surface area contributed by atoms with Crippen molar-refractivity contribution in [2.24, 2.45) is 7.05 Å². The van der Waals surface area contributed by atoms with Gasteiger partial charge in [0, 0.05) is 31.9 Å². The summed E-state index contributed by atoms with van der Waals surface area (Å²) < 4.78 is 7.13. The molecule has 1 rings (SSSR count). The molecule has 102 valence electrons. The molecule has 1 atom stereocenters. The van der Waals surface area contributed by atoms with Gasteiger partial charge in [0.2, 0.25) is 0 Å². The van der Waals surface area contributed by atoms with Crippen molar-refractivity contribution in [3.63, 3.8) is 0 Å². The number of carbonyl (C=O) groups is 1. The highest BCUT2D eigenvalue weighted by Crippen LogP contribution is 2.08. The van der Waals surface area contributed by atoms with Crippen molar-refractivity contribution in [1.82, 2.24) is 15.1 Å². The van der Waals surface area contributed by atoms with Gasteiger partial charge in [-0.1, -0.05) is 0 Å². The van der Waals surface area contributed by atoms with Gasteiger partial charge in [0.25, 0.3) is 0 Å². The van der Waals surface area contributed by atoms with Gasteiger partial charge in [-0.3, -0.25) is 9.48 Å². The Balaban J connectivity index is 2.31. The van der Waals surface area contributed by atoms with Crippen molar-refractivity contribution >= 4 is 5.97 Å². The number of rotatable bonds is 5. The van der Waals surface area contributed by atoms with E-state index in [4.69, 9.17) is 4.74 Å². The van der Waals surface area contributed by atoms with Gasteiger partial charge in [0.1, 0.15) is 11.6 Å². The number of ether oxygens (including phenoxy) is 1. The van der Waals surface area contributed by atoms with Crippen molar-refractivity contribution in [1.29, 1.82) is 0 Å².